The van der Waals surface area contributed by atoms with Crippen LogP contribution < -0.4 is 4.72 Å². The van der Waals surface area contributed by atoms with Gasteiger partial charge in [-0.05, 0) is 25.3 Å². The van der Waals surface area contributed by atoms with Crippen LogP contribution in [0.15, 0.2) is 21.7 Å². The third-order valence-corrected chi connectivity index (χ3v) is 5.06. The maximum atomic E-state index is 11.9. The molecule has 96 valence electrons. The molecule has 0 aliphatic rings. The predicted octanol–water partition coefficient (Wildman–Crippen LogP) is 1.19. The highest BCUT2D eigenvalue weighted by Gasteiger charge is 2.36. The van der Waals surface area contributed by atoms with E-state index in [1.165, 1.54) is 19.9 Å². The van der Waals surface area contributed by atoms with E-state index in [1.807, 2.05) is 0 Å². The number of thiophene rings is 1. The van der Waals surface area contributed by atoms with Crippen LogP contribution in [0.1, 0.15) is 13.8 Å². The Kier molecular flexibility index (Phi) is 4.23. The van der Waals surface area contributed by atoms with Gasteiger partial charge in [0.05, 0.1) is 0 Å². The fourth-order valence-corrected chi connectivity index (χ4v) is 3.73. The van der Waals surface area contributed by atoms with Gasteiger partial charge in [-0.25, -0.2) is 8.42 Å². The second kappa shape index (κ2) is 4.97. The number of aliphatic carboxylic acids is 1. The van der Waals surface area contributed by atoms with Gasteiger partial charge in [0.15, 0.2) is 0 Å². The first-order valence-corrected chi connectivity index (χ1v) is 7.46. The lowest BCUT2D eigenvalue weighted by Crippen LogP contribution is -2.51. The summed E-state index contributed by atoms with van der Waals surface area (Å²) in [6.45, 7) is 3.07. The molecule has 2 N–H and O–H groups in total. The molecule has 0 bridgehead atoms. The molecule has 0 fully saturated rings. The Morgan fingerprint density at radius 1 is 1.59 bits per heavy atom. The van der Waals surface area contributed by atoms with Gasteiger partial charge in [0.2, 0.25) is 0 Å². The molecule has 0 spiro atoms. The summed E-state index contributed by atoms with van der Waals surface area (Å²) in [7, 11) is -3.81. The van der Waals surface area contributed by atoms with Crippen LogP contribution in [0.5, 0.6) is 0 Å². The summed E-state index contributed by atoms with van der Waals surface area (Å²) in [5.41, 5.74) is 0. The highest BCUT2D eigenvalue weighted by molar-refractivity contribution is 7.91. The smallest absolute Gasteiger partial charge is 0.323 e. The molecule has 0 saturated carbocycles. The second-order valence-electron chi connectivity index (χ2n) is 3.98. The molecule has 1 unspecified atom stereocenters. The fourth-order valence-electron chi connectivity index (χ4n) is 1.13. The van der Waals surface area contributed by atoms with Gasteiger partial charge in [0.25, 0.3) is 10.0 Å². The zero-order valence-electron chi connectivity index (χ0n) is 9.25. The molecule has 0 aromatic carbocycles. The van der Waals surface area contributed by atoms with Gasteiger partial charge >= 0.3 is 5.97 Å². The van der Waals surface area contributed by atoms with E-state index >= 15 is 0 Å². The zero-order valence-corrected chi connectivity index (χ0v) is 11.8. The van der Waals surface area contributed by atoms with Gasteiger partial charge in [-0.2, -0.15) is 17.4 Å². The molecule has 1 aromatic rings. The summed E-state index contributed by atoms with van der Waals surface area (Å²) in [6.07, 6.45) is 0. The number of rotatable bonds is 5. The number of sulfonamides is 1. The number of carboxylic acids is 1. The quantitative estimate of drug-likeness (QED) is 0.713. The highest BCUT2D eigenvalue weighted by Crippen LogP contribution is 2.22. The van der Waals surface area contributed by atoms with Crippen LogP contribution in [0.25, 0.3) is 0 Å². The van der Waals surface area contributed by atoms with Gasteiger partial charge in [-0.3, -0.25) is 4.79 Å². The van der Waals surface area contributed by atoms with Gasteiger partial charge in [-0.15, -0.1) is 11.3 Å². The van der Waals surface area contributed by atoms with Crippen molar-refractivity contribution >= 4 is 40.0 Å². The van der Waals surface area contributed by atoms with Crippen LogP contribution >= 0.6 is 24.0 Å². The van der Waals surface area contributed by atoms with E-state index in [0.29, 0.717) is 0 Å². The van der Waals surface area contributed by atoms with E-state index < -0.39 is 26.8 Å². The molecular formula is C9H13NO4S3. The molecular weight excluding hydrogens is 282 g/mol. The van der Waals surface area contributed by atoms with Crippen molar-refractivity contribution in [2.45, 2.75) is 28.8 Å². The molecule has 0 aliphatic carbocycles. The summed E-state index contributed by atoms with van der Waals surface area (Å²) in [4.78, 5) is 11.0. The average Bonchev–Trinajstić information content (AvgIpc) is 2.65. The number of carboxylic acid groups (broad SMARTS) is 1. The Morgan fingerprint density at radius 2 is 2.18 bits per heavy atom. The van der Waals surface area contributed by atoms with Crippen LogP contribution in [0.3, 0.4) is 0 Å². The number of thiol groups is 1. The van der Waals surface area contributed by atoms with E-state index in [4.69, 9.17) is 5.11 Å². The maximum Gasteiger partial charge on any atom is 0.323 e. The van der Waals surface area contributed by atoms with Crippen molar-refractivity contribution in [3.05, 3.63) is 17.5 Å². The summed E-state index contributed by atoms with van der Waals surface area (Å²) < 4.78 is 24.9. The lowest BCUT2D eigenvalue weighted by molar-refractivity contribution is -0.139. The minimum Gasteiger partial charge on any atom is -0.480 e. The molecule has 8 heteroatoms. The zero-order chi connectivity index (χ0) is 13.3. The molecule has 0 saturated heterocycles. The van der Waals surface area contributed by atoms with Crippen LogP contribution in [-0.2, 0) is 14.8 Å². The number of hydrogen-bond donors (Lipinski definition) is 3. The summed E-state index contributed by atoms with van der Waals surface area (Å²) in [6, 6.07) is 1.70. The Balaban J connectivity index is 3.01. The minimum absolute atomic E-state index is 0.0846. The minimum atomic E-state index is -3.81. The molecule has 0 radical (unpaired) electrons. The second-order valence-corrected chi connectivity index (χ2v) is 8.02. The predicted molar refractivity (Wildman–Crippen MR) is 69.1 cm³/mol. The van der Waals surface area contributed by atoms with Gasteiger partial charge in [0.1, 0.15) is 10.3 Å². The van der Waals surface area contributed by atoms with Crippen molar-refractivity contribution < 1.29 is 18.3 Å². The normalized spacial score (nSPS) is 14.5. The van der Waals surface area contributed by atoms with Crippen LogP contribution in [0, 0.1) is 0 Å². The van der Waals surface area contributed by atoms with Crippen molar-refractivity contribution in [2.24, 2.45) is 0 Å². The van der Waals surface area contributed by atoms with E-state index in [-0.39, 0.29) is 4.21 Å². The Bertz CT molecular complexity index is 487. The van der Waals surface area contributed by atoms with Crippen molar-refractivity contribution in [1.82, 2.24) is 4.72 Å². The molecule has 0 amide bonds. The molecule has 1 rings (SSSR count). The Labute approximate surface area is 109 Å². The molecule has 5 nitrogen and oxygen atoms in total. The number of nitrogens with one attached hydrogen (secondary N) is 1. The van der Waals surface area contributed by atoms with E-state index in [2.05, 4.69) is 17.4 Å². The summed E-state index contributed by atoms with van der Waals surface area (Å²) in [5.74, 6) is -1.26. The van der Waals surface area contributed by atoms with Gasteiger partial charge in [0, 0.05) is 4.75 Å². The molecule has 17 heavy (non-hydrogen) atoms. The highest BCUT2D eigenvalue weighted by atomic mass is 32.2. The number of hydrogen-bond acceptors (Lipinski definition) is 5. The third kappa shape index (κ3) is 3.70. The lowest BCUT2D eigenvalue weighted by atomic mass is 10.1. The van der Waals surface area contributed by atoms with Crippen molar-refractivity contribution in [3.63, 3.8) is 0 Å². The topological polar surface area (TPSA) is 83.5 Å². The van der Waals surface area contributed by atoms with Crippen molar-refractivity contribution in [3.8, 4) is 0 Å². The first-order valence-electron chi connectivity index (χ1n) is 4.65. The fraction of sp³-hybridized carbons (Fsp3) is 0.444. The third-order valence-electron chi connectivity index (χ3n) is 1.99. The molecule has 1 aromatic heterocycles. The van der Waals surface area contributed by atoms with Crippen LogP contribution in [-0.4, -0.2) is 30.3 Å². The Hall–Kier alpha value is -0.570. The summed E-state index contributed by atoms with van der Waals surface area (Å²) >= 11 is 5.12. The SMILES string of the molecule is CC(C)(S)C(NS(=O)(=O)c1cccs1)C(=O)O. The monoisotopic (exact) mass is 295 g/mol. The van der Waals surface area contributed by atoms with Crippen molar-refractivity contribution in [1.29, 1.82) is 0 Å². The van der Waals surface area contributed by atoms with E-state index in [0.717, 1.165) is 11.3 Å². The Morgan fingerprint density at radius 3 is 2.53 bits per heavy atom. The van der Waals surface area contributed by atoms with Gasteiger partial charge < -0.3 is 5.11 Å². The van der Waals surface area contributed by atoms with Crippen LogP contribution in [0.2, 0.25) is 0 Å². The van der Waals surface area contributed by atoms with E-state index in [9.17, 15) is 13.2 Å². The standard InChI is InChI=1S/C9H13NO4S3/c1-9(2,15)7(8(11)12)10-17(13,14)6-4-3-5-16-6/h3-5,7,10,15H,1-2H3,(H,11,12). The van der Waals surface area contributed by atoms with E-state index in [1.54, 1.807) is 11.4 Å². The maximum absolute atomic E-state index is 11.9. The average molecular weight is 295 g/mol. The summed E-state index contributed by atoms with van der Waals surface area (Å²) in [5, 5.41) is 10.6. The van der Waals surface area contributed by atoms with Gasteiger partial charge in [-0.1, -0.05) is 6.07 Å². The molecule has 1 heterocycles. The van der Waals surface area contributed by atoms with Crippen molar-refractivity contribution in [2.75, 3.05) is 0 Å². The first kappa shape index (κ1) is 14.5. The largest absolute Gasteiger partial charge is 0.480 e. The lowest BCUT2D eigenvalue weighted by Gasteiger charge is -2.26. The first-order chi connectivity index (χ1) is 7.64. The molecule has 1 atom stereocenters. The van der Waals surface area contributed by atoms with Crippen LogP contribution in [0.4, 0.5) is 0 Å². The number of carbonyl (C=O) groups is 1. The molecule has 0 aliphatic heterocycles.